The normalized spacial score (nSPS) is 17.2. The van der Waals surface area contributed by atoms with Crippen molar-refractivity contribution < 1.29 is 0 Å². The standard InChI is InChI=1S/C16H27N3/c1-13-10-14(11-17-2)12-18-16(13)19(3)15-8-6-4-5-7-9-15/h10,12,15,17H,4-9,11H2,1-3H3. The molecule has 1 saturated carbocycles. The largest absolute Gasteiger partial charge is 0.356 e. The quantitative estimate of drug-likeness (QED) is 0.843. The van der Waals surface area contributed by atoms with Crippen molar-refractivity contribution in [3.8, 4) is 0 Å². The molecule has 1 heterocycles. The van der Waals surface area contributed by atoms with Crippen LogP contribution in [0.25, 0.3) is 0 Å². The zero-order chi connectivity index (χ0) is 13.7. The van der Waals surface area contributed by atoms with Gasteiger partial charge in [-0.2, -0.15) is 0 Å². The van der Waals surface area contributed by atoms with Crippen molar-refractivity contribution in [2.24, 2.45) is 0 Å². The minimum absolute atomic E-state index is 0.670. The highest BCUT2D eigenvalue weighted by atomic mass is 15.2. The molecule has 0 atom stereocenters. The third-order valence-electron chi connectivity index (χ3n) is 4.19. The first-order chi connectivity index (χ1) is 9.22. The summed E-state index contributed by atoms with van der Waals surface area (Å²) in [7, 11) is 4.18. The van der Waals surface area contributed by atoms with Gasteiger partial charge < -0.3 is 10.2 Å². The van der Waals surface area contributed by atoms with Crippen molar-refractivity contribution >= 4 is 5.82 Å². The fourth-order valence-corrected chi connectivity index (χ4v) is 3.11. The number of aryl methyl sites for hydroxylation is 1. The average molecular weight is 261 g/mol. The van der Waals surface area contributed by atoms with Crippen molar-refractivity contribution in [2.45, 2.75) is 58.0 Å². The summed E-state index contributed by atoms with van der Waals surface area (Å²) in [6.07, 6.45) is 10.2. The number of anilines is 1. The van der Waals surface area contributed by atoms with E-state index in [9.17, 15) is 0 Å². The fourth-order valence-electron chi connectivity index (χ4n) is 3.11. The Morgan fingerprint density at radius 2 is 1.95 bits per heavy atom. The molecule has 0 bridgehead atoms. The number of hydrogen-bond acceptors (Lipinski definition) is 3. The monoisotopic (exact) mass is 261 g/mol. The van der Waals surface area contributed by atoms with Gasteiger partial charge in [0.05, 0.1) is 0 Å². The van der Waals surface area contributed by atoms with Crippen molar-refractivity contribution in [3.05, 3.63) is 23.4 Å². The van der Waals surface area contributed by atoms with Crippen LogP contribution in [0.5, 0.6) is 0 Å². The van der Waals surface area contributed by atoms with Crippen LogP contribution in [0.3, 0.4) is 0 Å². The summed E-state index contributed by atoms with van der Waals surface area (Å²) in [5.74, 6) is 1.16. The summed E-state index contributed by atoms with van der Waals surface area (Å²) in [4.78, 5) is 7.10. The predicted octanol–water partition coefficient (Wildman–Crippen LogP) is 3.27. The van der Waals surface area contributed by atoms with Crippen molar-refractivity contribution in [1.82, 2.24) is 10.3 Å². The summed E-state index contributed by atoms with van der Waals surface area (Å²) in [5.41, 5.74) is 2.55. The van der Waals surface area contributed by atoms with Gasteiger partial charge in [-0.3, -0.25) is 0 Å². The topological polar surface area (TPSA) is 28.2 Å². The molecule has 0 saturated heterocycles. The summed E-state index contributed by atoms with van der Waals surface area (Å²) in [6.45, 7) is 3.07. The molecular weight excluding hydrogens is 234 g/mol. The van der Waals surface area contributed by atoms with E-state index in [1.54, 1.807) is 0 Å². The molecule has 3 nitrogen and oxygen atoms in total. The van der Waals surface area contributed by atoms with Crippen molar-refractivity contribution in [3.63, 3.8) is 0 Å². The lowest BCUT2D eigenvalue weighted by molar-refractivity contribution is 0.548. The number of aromatic nitrogens is 1. The molecule has 1 fully saturated rings. The van der Waals surface area contributed by atoms with Crippen molar-refractivity contribution in [1.29, 1.82) is 0 Å². The molecule has 0 aliphatic heterocycles. The van der Waals surface area contributed by atoms with Crippen LogP contribution in [-0.2, 0) is 6.54 Å². The zero-order valence-corrected chi connectivity index (χ0v) is 12.6. The second kappa shape index (κ2) is 6.90. The van der Waals surface area contributed by atoms with Gasteiger partial charge in [0.25, 0.3) is 0 Å². The molecule has 2 rings (SSSR count). The molecule has 0 amide bonds. The number of rotatable bonds is 4. The zero-order valence-electron chi connectivity index (χ0n) is 12.6. The molecule has 0 radical (unpaired) electrons. The number of nitrogens with one attached hydrogen (secondary N) is 1. The van der Waals surface area contributed by atoms with E-state index in [4.69, 9.17) is 0 Å². The number of hydrogen-bond donors (Lipinski definition) is 1. The SMILES string of the molecule is CNCc1cnc(N(C)C2CCCCCC2)c(C)c1. The van der Waals surface area contributed by atoms with E-state index >= 15 is 0 Å². The summed E-state index contributed by atoms with van der Waals surface area (Å²) in [6, 6.07) is 2.93. The second-order valence-electron chi connectivity index (χ2n) is 5.77. The van der Waals surface area contributed by atoms with Crippen LogP contribution in [0.4, 0.5) is 5.82 Å². The van der Waals surface area contributed by atoms with Crippen molar-refractivity contribution in [2.75, 3.05) is 19.0 Å². The average Bonchev–Trinajstić information content (AvgIpc) is 2.67. The molecule has 106 valence electrons. The predicted molar refractivity (Wildman–Crippen MR) is 81.6 cm³/mol. The first-order valence-corrected chi connectivity index (χ1v) is 7.55. The molecule has 1 aromatic rings. The maximum atomic E-state index is 4.69. The second-order valence-corrected chi connectivity index (χ2v) is 5.77. The van der Waals surface area contributed by atoms with Crippen LogP contribution in [0.15, 0.2) is 12.3 Å². The van der Waals surface area contributed by atoms with Gasteiger partial charge in [-0.15, -0.1) is 0 Å². The Morgan fingerprint density at radius 3 is 2.53 bits per heavy atom. The van der Waals surface area contributed by atoms with E-state index in [0.29, 0.717) is 6.04 Å². The third kappa shape index (κ3) is 3.69. The lowest BCUT2D eigenvalue weighted by Gasteiger charge is -2.29. The lowest BCUT2D eigenvalue weighted by Crippen LogP contribution is -2.32. The van der Waals surface area contributed by atoms with Crippen LogP contribution in [0.1, 0.15) is 49.7 Å². The molecule has 1 aliphatic rings. The number of nitrogens with zero attached hydrogens (tertiary/aromatic N) is 2. The van der Waals surface area contributed by atoms with E-state index in [1.807, 2.05) is 13.2 Å². The molecule has 3 heteroatoms. The van der Waals surface area contributed by atoms with Crippen LogP contribution in [0.2, 0.25) is 0 Å². The maximum absolute atomic E-state index is 4.69. The highest BCUT2D eigenvalue weighted by Gasteiger charge is 2.19. The summed E-state index contributed by atoms with van der Waals surface area (Å²) in [5, 5.41) is 3.18. The lowest BCUT2D eigenvalue weighted by atomic mass is 10.1. The molecule has 1 aromatic heterocycles. The molecule has 19 heavy (non-hydrogen) atoms. The van der Waals surface area contributed by atoms with E-state index in [2.05, 4.69) is 35.2 Å². The Balaban J connectivity index is 2.11. The van der Waals surface area contributed by atoms with Gasteiger partial charge in [0.2, 0.25) is 0 Å². The first kappa shape index (κ1) is 14.3. The Morgan fingerprint density at radius 1 is 1.26 bits per heavy atom. The Hall–Kier alpha value is -1.09. The minimum atomic E-state index is 0.670. The van der Waals surface area contributed by atoms with Crippen LogP contribution >= 0.6 is 0 Å². The van der Waals surface area contributed by atoms with Gasteiger partial charge in [-0.05, 0) is 44.0 Å². The molecule has 0 aromatic carbocycles. The summed E-state index contributed by atoms with van der Waals surface area (Å²) >= 11 is 0. The third-order valence-corrected chi connectivity index (χ3v) is 4.19. The highest BCUT2D eigenvalue weighted by Crippen LogP contribution is 2.26. The van der Waals surface area contributed by atoms with E-state index < -0.39 is 0 Å². The fraction of sp³-hybridized carbons (Fsp3) is 0.688. The Bertz CT molecular complexity index is 395. The number of pyridine rings is 1. The molecule has 1 aliphatic carbocycles. The first-order valence-electron chi connectivity index (χ1n) is 7.55. The molecule has 0 unspecified atom stereocenters. The smallest absolute Gasteiger partial charge is 0.131 e. The highest BCUT2D eigenvalue weighted by molar-refractivity contribution is 5.47. The van der Waals surface area contributed by atoms with Crippen LogP contribution in [0, 0.1) is 6.92 Å². The van der Waals surface area contributed by atoms with Gasteiger partial charge in [0.15, 0.2) is 0 Å². The van der Waals surface area contributed by atoms with Crippen LogP contribution in [-0.4, -0.2) is 25.1 Å². The molecule has 1 N–H and O–H groups in total. The molecular formula is C16H27N3. The maximum Gasteiger partial charge on any atom is 0.131 e. The van der Waals surface area contributed by atoms with Crippen LogP contribution < -0.4 is 10.2 Å². The van der Waals surface area contributed by atoms with E-state index in [0.717, 1.165) is 12.4 Å². The minimum Gasteiger partial charge on any atom is -0.356 e. The summed E-state index contributed by atoms with van der Waals surface area (Å²) < 4.78 is 0. The van der Waals surface area contributed by atoms with Gasteiger partial charge in [0.1, 0.15) is 5.82 Å². The molecule has 0 spiro atoms. The Labute approximate surface area is 117 Å². The van der Waals surface area contributed by atoms with E-state index in [-0.39, 0.29) is 0 Å². The van der Waals surface area contributed by atoms with E-state index in [1.165, 1.54) is 49.7 Å². The van der Waals surface area contributed by atoms with Gasteiger partial charge in [-0.1, -0.05) is 25.7 Å². The van der Waals surface area contributed by atoms with Gasteiger partial charge >= 0.3 is 0 Å². The Kier molecular flexibility index (Phi) is 5.20. The van der Waals surface area contributed by atoms with Gasteiger partial charge in [0, 0.05) is 25.8 Å². The van der Waals surface area contributed by atoms with Gasteiger partial charge in [-0.25, -0.2) is 4.98 Å².